The van der Waals surface area contributed by atoms with E-state index in [1.807, 2.05) is 0 Å². The Labute approximate surface area is 121 Å². The molecule has 0 saturated carbocycles. The van der Waals surface area contributed by atoms with Crippen LogP contribution in [0.2, 0.25) is 0 Å². The second-order valence-corrected chi connectivity index (χ2v) is 4.23. The smallest absolute Gasteiger partial charge is 0.308 e. The molecule has 1 aromatic carbocycles. The first-order valence-corrected chi connectivity index (χ1v) is 6.23. The third-order valence-corrected chi connectivity index (χ3v) is 2.60. The number of esters is 1. The van der Waals surface area contributed by atoms with Gasteiger partial charge in [0.15, 0.2) is 5.76 Å². The topological polar surface area (TPSA) is 80.9 Å². The van der Waals surface area contributed by atoms with Crippen molar-refractivity contribution in [3.05, 3.63) is 54.0 Å². The fourth-order valence-corrected chi connectivity index (χ4v) is 1.59. The van der Waals surface area contributed by atoms with Gasteiger partial charge in [-0.15, -0.1) is 0 Å². The van der Waals surface area contributed by atoms with Crippen LogP contribution in [0, 0.1) is 0 Å². The Hall–Kier alpha value is -2.89. The number of benzene rings is 1. The molecule has 1 N–H and O–H groups in total. The molecule has 0 saturated heterocycles. The highest BCUT2D eigenvalue weighted by Gasteiger charge is 2.07. The number of amides is 1. The largest absolute Gasteiger partial charge is 0.459 e. The third-order valence-electron chi connectivity index (χ3n) is 2.60. The van der Waals surface area contributed by atoms with Crippen molar-refractivity contribution < 1.29 is 18.7 Å². The summed E-state index contributed by atoms with van der Waals surface area (Å²) < 4.78 is 9.89. The SMILES string of the molecule is CC(=O)Oc1ccc(/C(C)=N\NC(=O)c2ccco2)cc1. The molecular formula is C15H14N2O4. The number of rotatable bonds is 4. The van der Waals surface area contributed by atoms with Crippen LogP contribution in [0.15, 0.2) is 52.2 Å². The fraction of sp³-hybridized carbons (Fsp3) is 0.133. The molecule has 0 aliphatic heterocycles. The molecule has 0 bridgehead atoms. The van der Waals surface area contributed by atoms with E-state index < -0.39 is 5.91 Å². The summed E-state index contributed by atoms with van der Waals surface area (Å²) in [5.41, 5.74) is 3.81. The minimum Gasteiger partial charge on any atom is -0.459 e. The van der Waals surface area contributed by atoms with E-state index in [2.05, 4.69) is 10.5 Å². The van der Waals surface area contributed by atoms with Gasteiger partial charge < -0.3 is 9.15 Å². The molecule has 0 aliphatic carbocycles. The molecule has 1 heterocycles. The summed E-state index contributed by atoms with van der Waals surface area (Å²) in [7, 11) is 0. The molecule has 0 radical (unpaired) electrons. The number of nitrogens with zero attached hydrogens (tertiary/aromatic N) is 1. The van der Waals surface area contributed by atoms with Gasteiger partial charge in [-0.2, -0.15) is 5.10 Å². The number of hydrogen-bond acceptors (Lipinski definition) is 5. The summed E-state index contributed by atoms with van der Waals surface area (Å²) in [5.74, 6) is -0.148. The van der Waals surface area contributed by atoms with Crippen LogP contribution in [0.25, 0.3) is 0 Å². The molecule has 6 nitrogen and oxygen atoms in total. The minimum absolute atomic E-state index is 0.191. The Morgan fingerprint density at radius 2 is 1.86 bits per heavy atom. The van der Waals surface area contributed by atoms with Gasteiger partial charge in [-0.25, -0.2) is 5.43 Å². The summed E-state index contributed by atoms with van der Waals surface area (Å²) in [6.07, 6.45) is 1.42. The summed E-state index contributed by atoms with van der Waals surface area (Å²) in [4.78, 5) is 22.5. The van der Waals surface area contributed by atoms with Crippen molar-refractivity contribution in [3.63, 3.8) is 0 Å². The lowest BCUT2D eigenvalue weighted by molar-refractivity contribution is -0.131. The average molecular weight is 286 g/mol. The maximum atomic E-state index is 11.6. The van der Waals surface area contributed by atoms with Crippen molar-refractivity contribution in [2.45, 2.75) is 13.8 Å². The van der Waals surface area contributed by atoms with Gasteiger partial charge in [0, 0.05) is 6.92 Å². The van der Waals surface area contributed by atoms with E-state index in [-0.39, 0.29) is 11.7 Å². The lowest BCUT2D eigenvalue weighted by Gasteiger charge is -2.04. The van der Waals surface area contributed by atoms with Crippen molar-refractivity contribution in [3.8, 4) is 5.75 Å². The summed E-state index contributed by atoms with van der Waals surface area (Å²) in [5, 5.41) is 3.99. The molecule has 0 aliphatic rings. The lowest BCUT2D eigenvalue weighted by atomic mass is 10.1. The van der Waals surface area contributed by atoms with Gasteiger partial charge in [-0.05, 0) is 48.9 Å². The van der Waals surface area contributed by atoms with Crippen LogP contribution in [0.5, 0.6) is 5.75 Å². The predicted molar refractivity (Wildman–Crippen MR) is 76.1 cm³/mol. The quantitative estimate of drug-likeness (QED) is 0.405. The van der Waals surface area contributed by atoms with E-state index in [9.17, 15) is 9.59 Å². The molecule has 6 heteroatoms. The molecule has 2 rings (SSSR count). The van der Waals surface area contributed by atoms with Gasteiger partial charge in [-0.3, -0.25) is 9.59 Å². The zero-order chi connectivity index (χ0) is 15.2. The molecule has 108 valence electrons. The van der Waals surface area contributed by atoms with Crippen molar-refractivity contribution in [2.75, 3.05) is 0 Å². The van der Waals surface area contributed by atoms with Gasteiger partial charge in [0.1, 0.15) is 5.75 Å². The Kier molecular flexibility index (Phi) is 4.50. The third kappa shape index (κ3) is 4.04. The summed E-state index contributed by atoms with van der Waals surface area (Å²) >= 11 is 0. The Balaban J connectivity index is 2.02. The van der Waals surface area contributed by atoms with Crippen LogP contribution >= 0.6 is 0 Å². The molecule has 2 aromatic rings. The second kappa shape index (κ2) is 6.51. The Morgan fingerprint density at radius 1 is 1.14 bits per heavy atom. The fourth-order valence-electron chi connectivity index (χ4n) is 1.59. The molecule has 1 amide bonds. The highest BCUT2D eigenvalue weighted by Crippen LogP contribution is 2.13. The highest BCUT2D eigenvalue weighted by atomic mass is 16.5. The molecule has 0 fully saturated rings. The van der Waals surface area contributed by atoms with Crippen molar-refractivity contribution in [2.24, 2.45) is 5.10 Å². The van der Waals surface area contributed by atoms with Crippen molar-refractivity contribution >= 4 is 17.6 Å². The molecule has 1 aromatic heterocycles. The van der Waals surface area contributed by atoms with E-state index >= 15 is 0 Å². The van der Waals surface area contributed by atoms with Crippen LogP contribution in [0.1, 0.15) is 30.0 Å². The van der Waals surface area contributed by atoms with Gasteiger partial charge >= 0.3 is 11.9 Å². The Bertz CT molecular complexity index is 657. The predicted octanol–water partition coefficient (Wildman–Crippen LogP) is 2.36. The first-order valence-electron chi connectivity index (χ1n) is 6.23. The normalized spacial score (nSPS) is 11.0. The van der Waals surface area contributed by atoms with Gasteiger partial charge in [-0.1, -0.05) is 0 Å². The van der Waals surface area contributed by atoms with E-state index in [1.54, 1.807) is 43.3 Å². The van der Waals surface area contributed by atoms with E-state index in [0.29, 0.717) is 11.5 Å². The molecular weight excluding hydrogens is 272 g/mol. The number of carbonyl (C=O) groups excluding carboxylic acids is 2. The number of carbonyl (C=O) groups is 2. The summed E-state index contributed by atoms with van der Waals surface area (Å²) in [6, 6.07) is 9.98. The zero-order valence-electron chi connectivity index (χ0n) is 11.6. The van der Waals surface area contributed by atoms with Crippen LogP contribution in [0.4, 0.5) is 0 Å². The number of hydrogen-bond donors (Lipinski definition) is 1. The van der Waals surface area contributed by atoms with E-state index in [4.69, 9.17) is 9.15 Å². The molecule has 0 atom stereocenters. The van der Waals surface area contributed by atoms with Gasteiger partial charge in [0.25, 0.3) is 0 Å². The highest BCUT2D eigenvalue weighted by molar-refractivity contribution is 6.00. The van der Waals surface area contributed by atoms with Crippen molar-refractivity contribution in [1.82, 2.24) is 5.43 Å². The Morgan fingerprint density at radius 3 is 2.43 bits per heavy atom. The summed E-state index contributed by atoms with van der Waals surface area (Å²) in [6.45, 7) is 3.09. The van der Waals surface area contributed by atoms with Crippen LogP contribution < -0.4 is 10.2 Å². The number of ether oxygens (including phenoxy) is 1. The lowest BCUT2D eigenvalue weighted by Crippen LogP contribution is -2.18. The van der Waals surface area contributed by atoms with Crippen molar-refractivity contribution in [1.29, 1.82) is 0 Å². The minimum atomic E-state index is -0.420. The first-order chi connectivity index (χ1) is 10.1. The van der Waals surface area contributed by atoms with Crippen LogP contribution in [0.3, 0.4) is 0 Å². The van der Waals surface area contributed by atoms with E-state index in [1.165, 1.54) is 13.2 Å². The van der Waals surface area contributed by atoms with Gasteiger partial charge in [0.2, 0.25) is 0 Å². The number of hydrazone groups is 1. The zero-order valence-corrected chi connectivity index (χ0v) is 11.6. The van der Waals surface area contributed by atoms with Crippen LogP contribution in [-0.2, 0) is 4.79 Å². The van der Waals surface area contributed by atoms with E-state index in [0.717, 1.165) is 5.56 Å². The average Bonchev–Trinajstić information content (AvgIpc) is 2.99. The monoisotopic (exact) mass is 286 g/mol. The number of furan rings is 1. The second-order valence-electron chi connectivity index (χ2n) is 4.23. The number of nitrogens with one attached hydrogen (secondary N) is 1. The van der Waals surface area contributed by atoms with Gasteiger partial charge in [0.05, 0.1) is 12.0 Å². The molecule has 0 unspecified atom stereocenters. The first kappa shape index (κ1) is 14.5. The standard InChI is InChI=1S/C15H14N2O4/c1-10(16-17-15(19)14-4-3-9-20-14)12-5-7-13(8-6-12)21-11(2)18/h3-9H,1-2H3,(H,17,19)/b16-10-. The maximum Gasteiger partial charge on any atom is 0.308 e. The molecule has 0 spiro atoms. The van der Waals surface area contributed by atoms with Crippen LogP contribution in [-0.4, -0.2) is 17.6 Å². The maximum absolute atomic E-state index is 11.6. The molecule has 21 heavy (non-hydrogen) atoms.